The molecule has 31 heavy (non-hydrogen) atoms. The van der Waals surface area contributed by atoms with Crippen molar-refractivity contribution in [2.75, 3.05) is 10.7 Å². The molecule has 0 unspecified atom stereocenters. The molecule has 0 bridgehead atoms. The third-order valence-electron chi connectivity index (χ3n) is 4.99. The highest BCUT2D eigenvalue weighted by Crippen LogP contribution is 2.38. The summed E-state index contributed by atoms with van der Waals surface area (Å²) in [5, 5.41) is 6.64. The summed E-state index contributed by atoms with van der Waals surface area (Å²) in [6, 6.07) is 24.0. The number of azide groups is 1. The van der Waals surface area contributed by atoms with E-state index in [1.54, 1.807) is 36.4 Å². The summed E-state index contributed by atoms with van der Waals surface area (Å²) < 4.78 is 0.860. The number of nitrogens with two attached hydrogens (primary N) is 2. The minimum absolute atomic E-state index is 0.0702. The Morgan fingerprint density at radius 1 is 0.935 bits per heavy atom. The summed E-state index contributed by atoms with van der Waals surface area (Å²) in [4.78, 5) is 16.3. The van der Waals surface area contributed by atoms with Crippen molar-refractivity contribution in [3.8, 4) is 11.1 Å². The second-order valence-corrected chi connectivity index (χ2v) is 7.70. The van der Waals surface area contributed by atoms with Gasteiger partial charge in [0.05, 0.1) is 22.6 Å². The summed E-state index contributed by atoms with van der Waals surface area (Å²) in [6.07, 6.45) is 0. The number of benzene rings is 4. The number of hydrogen-bond acceptors (Lipinski definition) is 4. The molecule has 0 fully saturated rings. The van der Waals surface area contributed by atoms with Gasteiger partial charge in [-0.1, -0.05) is 69.6 Å². The second kappa shape index (κ2) is 8.49. The Kier molecular flexibility index (Phi) is 5.60. The Labute approximate surface area is 186 Å². The van der Waals surface area contributed by atoms with Gasteiger partial charge in [0, 0.05) is 9.38 Å². The molecular weight excluding hydrogens is 456 g/mol. The van der Waals surface area contributed by atoms with Crippen LogP contribution in [0, 0.1) is 0 Å². The summed E-state index contributed by atoms with van der Waals surface area (Å²) in [5.74, 6) is 5.67. The van der Waals surface area contributed by atoms with Crippen LogP contribution in [0.5, 0.6) is 0 Å². The van der Waals surface area contributed by atoms with Crippen molar-refractivity contribution < 1.29 is 4.79 Å². The fourth-order valence-corrected chi connectivity index (χ4v) is 3.76. The zero-order valence-electron chi connectivity index (χ0n) is 16.2. The van der Waals surface area contributed by atoms with E-state index in [-0.39, 0.29) is 16.9 Å². The predicted octanol–water partition coefficient (Wildman–Crippen LogP) is 6.31. The number of nitrogens with zero attached hydrogens (tertiary/aromatic N) is 4. The second-order valence-electron chi connectivity index (χ2n) is 6.79. The summed E-state index contributed by atoms with van der Waals surface area (Å²) in [7, 11) is 0. The molecular formula is C23H17BrN6O. The highest BCUT2D eigenvalue weighted by Gasteiger charge is 2.24. The first-order valence-corrected chi connectivity index (χ1v) is 10.1. The van der Waals surface area contributed by atoms with E-state index >= 15 is 0 Å². The number of hydrogen-bond donors (Lipinski definition) is 2. The van der Waals surface area contributed by atoms with Crippen LogP contribution >= 0.6 is 15.9 Å². The minimum atomic E-state index is -0.516. The number of anilines is 2. The lowest BCUT2D eigenvalue weighted by molar-refractivity contribution is 0.0988. The summed E-state index contributed by atoms with van der Waals surface area (Å²) in [5.41, 5.74) is 17.5. The van der Waals surface area contributed by atoms with Gasteiger partial charge in [0.1, 0.15) is 0 Å². The van der Waals surface area contributed by atoms with Gasteiger partial charge in [-0.3, -0.25) is 4.79 Å². The molecule has 0 aliphatic carbocycles. The average molecular weight is 473 g/mol. The van der Waals surface area contributed by atoms with E-state index in [9.17, 15) is 4.79 Å². The van der Waals surface area contributed by atoms with E-state index < -0.39 is 5.91 Å². The number of halogens is 1. The normalized spacial score (nSPS) is 10.5. The molecule has 0 aliphatic rings. The van der Waals surface area contributed by atoms with Crippen LogP contribution in [0.3, 0.4) is 0 Å². The largest absolute Gasteiger partial charge is 0.398 e. The summed E-state index contributed by atoms with van der Waals surface area (Å²) >= 11 is 3.37. The van der Waals surface area contributed by atoms with Crippen LogP contribution in [-0.2, 0) is 0 Å². The zero-order chi connectivity index (χ0) is 22.0. The summed E-state index contributed by atoms with van der Waals surface area (Å²) in [6.45, 7) is 0. The van der Waals surface area contributed by atoms with Gasteiger partial charge in [0.25, 0.3) is 5.91 Å². The molecule has 7 nitrogen and oxygen atoms in total. The van der Waals surface area contributed by atoms with Crippen LogP contribution in [0.1, 0.15) is 10.4 Å². The molecule has 4 aromatic carbocycles. The van der Waals surface area contributed by atoms with Gasteiger partial charge in [-0.15, -0.1) is 0 Å². The van der Waals surface area contributed by atoms with Crippen LogP contribution in [0.2, 0.25) is 0 Å². The van der Waals surface area contributed by atoms with Crippen LogP contribution in [0.15, 0.2) is 88.4 Å². The first-order valence-electron chi connectivity index (χ1n) is 9.31. The molecule has 152 valence electrons. The molecule has 4 rings (SSSR count). The van der Waals surface area contributed by atoms with Gasteiger partial charge in [-0.05, 0) is 57.8 Å². The fraction of sp³-hybridized carbons (Fsp3) is 0. The smallest absolute Gasteiger partial charge is 0.275 e. The lowest BCUT2D eigenvalue weighted by atomic mass is 9.92. The number of amides is 1. The number of carbonyl (C=O) groups is 1. The molecule has 4 aromatic rings. The highest BCUT2D eigenvalue weighted by molar-refractivity contribution is 9.10. The Balaban J connectivity index is 1.95. The van der Waals surface area contributed by atoms with Crippen molar-refractivity contribution in [2.24, 2.45) is 11.0 Å². The number of hydrazine groups is 1. The first-order chi connectivity index (χ1) is 15.0. The molecule has 0 spiro atoms. The molecule has 0 saturated heterocycles. The Morgan fingerprint density at radius 3 is 2.39 bits per heavy atom. The van der Waals surface area contributed by atoms with Gasteiger partial charge in [0.2, 0.25) is 0 Å². The number of nitrogen functional groups attached to an aromatic ring is 1. The third-order valence-corrected chi connectivity index (χ3v) is 5.52. The van der Waals surface area contributed by atoms with Crippen LogP contribution in [0.25, 0.3) is 32.3 Å². The van der Waals surface area contributed by atoms with Crippen molar-refractivity contribution in [3.63, 3.8) is 0 Å². The lowest BCUT2D eigenvalue weighted by Gasteiger charge is -2.21. The molecule has 0 aromatic heterocycles. The molecule has 0 radical (unpaired) electrons. The maximum absolute atomic E-state index is 13.5. The molecule has 1 amide bonds. The van der Waals surface area contributed by atoms with Crippen LogP contribution in [0.4, 0.5) is 17.1 Å². The standard InChI is InChI=1S/C23H17BrN6O/c24-15-8-10-16(11-9-15)30(27)23(31)21-19(12-13-20(22(21)25)28-29-26)18-7-3-5-14-4-1-2-6-17(14)18/h1-13H,25,27H2. The molecule has 8 heteroatoms. The highest BCUT2D eigenvalue weighted by atomic mass is 79.9. The van der Waals surface area contributed by atoms with Gasteiger partial charge in [-0.25, -0.2) is 10.9 Å². The zero-order valence-corrected chi connectivity index (χ0v) is 17.8. The molecule has 0 atom stereocenters. The topological polar surface area (TPSA) is 121 Å². The van der Waals surface area contributed by atoms with Gasteiger partial charge in [-0.2, -0.15) is 0 Å². The number of carbonyl (C=O) groups excluding carboxylic acids is 1. The van der Waals surface area contributed by atoms with Gasteiger partial charge < -0.3 is 5.73 Å². The van der Waals surface area contributed by atoms with Crippen LogP contribution in [-0.4, -0.2) is 5.91 Å². The maximum atomic E-state index is 13.5. The molecule has 4 N–H and O–H groups in total. The number of fused-ring (bicyclic) bond motifs is 1. The SMILES string of the molecule is [N-]=[N+]=Nc1ccc(-c2cccc3ccccc23)c(C(=O)N(N)c2ccc(Br)cc2)c1N. The van der Waals surface area contributed by atoms with Gasteiger partial charge in [0.15, 0.2) is 0 Å². The number of rotatable bonds is 4. The van der Waals surface area contributed by atoms with E-state index in [0.717, 1.165) is 25.8 Å². The van der Waals surface area contributed by atoms with Gasteiger partial charge >= 0.3 is 0 Å². The first kappa shape index (κ1) is 20.4. The molecule has 0 heterocycles. The quantitative estimate of drug-likeness (QED) is 0.0687. The van der Waals surface area contributed by atoms with E-state index in [2.05, 4.69) is 26.0 Å². The van der Waals surface area contributed by atoms with E-state index in [1.165, 1.54) is 0 Å². The van der Waals surface area contributed by atoms with E-state index in [0.29, 0.717) is 11.3 Å². The Hall–Kier alpha value is -3.84. The van der Waals surface area contributed by atoms with Crippen molar-refractivity contribution >= 4 is 49.7 Å². The van der Waals surface area contributed by atoms with Crippen molar-refractivity contribution in [2.45, 2.75) is 0 Å². The molecule has 0 aliphatic heterocycles. The Morgan fingerprint density at radius 2 is 1.65 bits per heavy atom. The molecule has 0 saturated carbocycles. The fourth-order valence-electron chi connectivity index (χ4n) is 3.50. The minimum Gasteiger partial charge on any atom is -0.398 e. The van der Waals surface area contributed by atoms with Crippen molar-refractivity contribution in [1.29, 1.82) is 0 Å². The van der Waals surface area contributed by atoms with E-state index in [4.69, 9.17) is 17.1 Å². The van der Waals surface area contributed by atoms with E-state index in [1.807, 2.05) is 42.5 Å². The average Bonchev–Trinajstić information content (AvgIpc) is 2.79. The van der Waals surface area contributed by atoms with Crippen molar-refractivity contribution in [3.05, 3.63) is 99.3 Å². The Bertz CT molecular complexity index is 1340. The predicted molar refractivity (Wildman–Crippen MR) is 128 cm³/mol. The lowest BCUT2D eigenvalue weighted by Crippen LogP contribution is -2.38. The van der Waals surface area contributed by atoms with Crippen LogP contribution < -0.4 is 16.6 Å². The third kappa shape index (κ3) is 3.83. The maximum Gasteiger partial charge on any atom is 0.275 e. The van der Waals surface area contributed by atoms with Crippen molar-refractivity contribution in [1.82, 2.24) is 0 Å². The monoisotopic (exact) mass is 472 g/mol.